The number of imidazole rings is 1. The van der Waals surface area contributed by atoms with E-state index in [-0.39, 0.29) is 18.1 Å². The Labute approximate surface area is 138 Å². The Morgan fingerprint density at radius 2 is 2.04 bits per heavy atom. The van der Waals surface area contributed by atoms with Gasteiger partial charge in [0.05, 0.1) is 0 Å². The van der Waals surface area contributed by atoms with Gasteiger partial charge in [0.2, 0.25) is 0 Å². The molecule has 4 nitrogen and oxygen atoms in total. The van der Waals surface area contributed by atoms with Crippen LogP contribution in [0.3, 0.4) is 0 Å². The molecule has 4 heteroatoms. The van der Waals surface area contributed by atoms with Crippen LogP contribution in [0.25, 0.3) is 0 Å². The van der Waals surface area contributed by atoms with E-state index in [9.17, 15) is 4.79 Å². The Balaban J connectivity index is 2.26. The van der Waals surface area contributed by atoms with Crippen molar-refractivity contribution in [3.8, 4) is 0 Å². The summed E-state index contributed by atoms with van der Waals surface area (Å²) in [6.07, 6.45) is 4.75. The molecular weight excluding hydrogens is 288 g/mol. The molecule has 0 radical (unpaired) electrons. The Bertz CT molecular complexity index is 676. The molecule has 23 heavy (non-hydrogen) atoms. The first-order valence-electron chi connectivity index (χ1n) is 8.26. The van der Waals surface area contributed by atoms with E-state index in [0.29, 0.717) is 5.82 Å². The highest BCUT2D eigenvalue weighted by Crippen LogP contribution is 2.27. The molecule has 1 heterocycles. The van der Waals surface area contributed by atoms with Gasteiger partial charge < -0.3 is 4.74 Å². The SMILES string of the molecule is CCC[C@H](C)OC(=O)n1ccnc1[C@@H](C)c1cccc(C)c1C. The third-order valence-corrected chi connectivity index (χ3v) is 4.36. The van der Waals surface area contributed by atoms with Crippen LogP contribution in [0.2, 0.25) is 0 Å². The van der Waals surface area contributed by atoms with E-state index in [1.807, 2.05) is 13.0 Å². The molecule has 0 spiro atoms. The Morgan fingerprint density at radius 1 is 1.30 bits per heavy atom. The van der Waals surface area contributed by atoms with E-state index >= 15 is 0 Å². The molecule has 1 aromatic carbocycles. The third kappa shape index (κ3) is 3.81. The van der Waals surface area contributed by atoms with Gasteiger partial charge in [-0.05, 0) is 43.9 Å². The summed E-state index contributed by atoms with van der Waals surface area (Å²) in [5.41, 5.74) is 3.67. The van der Waals surface area contributed by atoms with Crippen molar-refractivity contribution in [2.24, 2.45) is 0 Å². The summed E-state index contributed by atoms with van der Waals surface area (Å²) in [7, 11) is 0. The summed E-state index contributed by atoms with van der Waals surface area (Å²) in [4.78, 5) is 16.8. The lowest BCUT2D eigenvalue weighted by atomic mass is 9.93. The smallest absolute Gasteiger partial charge is 0.419 e. The van der Waals surface area contributed by atoms with Gasteiger partial charge in [-0.1, -0.05) is 38.5 Å². The fourth-order valence-electron chi connectivity index (χ4n) is 2.87. The van der Waals surface area contributed by atoms with E-state index in [2.05, 4.69) is 44.8 Å². The van der Waals surface area contributed by atoms with Crippen molar-refractivity contribution in [1.29, 1.82) is 0 Å². The van der Waals surface area contributed by atoms with E-state index in [1.54, 1.807) is 12.4 Å². The fraction of sp³-hybridized carbons (Fsp3) is 0.474. The van der Waals surface area contributed by atoms with Crippen molar-refractivity contribution in [2.75, 3.05) is 0 Å². The average molecular weight is 314 g/mol. The van der Waals surface area contributed by atoms with Crippen LogP contribution in [0.5, 0.6) is 0 Å². The van der Waals surface area contributed by atoms with Gasteiger partial charge in [-0.3, -0.25) is 0 Å². The van der Waals surface area contributed by atoms with Crippen molar-refractivity contribution < 1.29 is 9.53 Å². The summed E-state index contributed by atoms with van der Waals surface area (Å²) >= 11 is 0. The molecule has 0 fully saturated rings. The zero-order valence-electron chi connectivity index (χ0n) is 14.7. The van der Waals surface area contributed by atoms with Crippen molar-refractivity contribution >= 4 is 6.09 Å². The molecule has 0 saturated heterocycles. The Hall–Kier alpha value is -2.10. The molecule has 124 valence electrons. The van der Waals surface area contributed by atoms with Crippen LogP contribution in [0.4, 0.5) is 4.79 Å². The van der Waals surface area contributed by atoms with Crippen molar-refractivity contribution in [2.45, 2.75) is 59.5 Å². The number of aryl methyl sites for hydroxylation is 1. The summed E-state index contributed by atoms with van der Waals surface area (Å²) in [6.45, 7) is 10.3. The summed E-state index contributed by atoms with van der Waals surface area (Å²) < 4.78 is 7.03. The molecule has 0 unspecified atom stereocenters. The van der Waals surface area contributed by atoms with Crippen LogP contribution in [-0.2, 0) is 4.74 Å². The van der Waals surface area contributed by atoms with Crippen LogP contribution in [0.1, 0.15) is 62.0 Å². The Kier molecular flexibility index (Phi) is 5.59. The molecule has 2 atom stereocenters. The number of aromatic nitrogens is 2. The normalized spacial score (nSPS) is 13.6. The number of hydrogen-bond acceptors (Lipinski definition) is 3. The maximum atomic E-state index is 12.4. The molecular formula is C19H26N2O2. The first-order valence-corrected chi connectivity index (χ1v) is 8.26. The molecule has 0 aliphatic heterocycles. The molecule has 0 N–H and O–H groups in total. The monoisotopic (exact) mass is 314 g/mol. The number of nitrogens with zero attached hydrogens (tertiary/aromatic N) is 2. The quantitative estimate of drug-likeness (QED) is 0.794. The number of carbonyl (C=O) groups is 1. The van der Waals surface area contributed by atoms with Crippen LogP contribution < -0.4 is 0 Å². The minimum absolute atomic E-state index is 0.0268. The van der Waals surface area contributed by atoms with Crippen molar-refractivity contribution in [3.05, 3.63) is 53.1 Å². The zero-order valence-corrected chi connectivity index (χ0v) is 14.7. The first kappa shape index (κ1) is 17.3. The minimum atomic E-state index is -0.351. The lowest BCUT2D eigenvalue weighted by molar-refractivity contribution is 0.102. The lowest BCUT2D eigenvalue weighted by Crippen LogP contribution is -2.22. The molecule has 0 amide bonds. The molecule has 2 rings (SSSR count). The topological polar surface area (TPSA) is 44.1 Å². The van der Waals surface area contributed by atoms with Crippen LogP contribution in [0, 0.1) is 13.8 Å². The van der Waals surface area contributed by atoms with Crippen LogP contribution in [-0.4, -0.2) is 21.7 Å². The number of rotatable bonds is 5. The van der Waals surface area contributed by atoms with Gasteiger partial charge in [0.25, 0.3) is 0 Å². The van der Waals surface area contributed by atoms with Gasteiger partial charge in [0, 0.05) is 18.3 Å². The number of ether oxygens (including phenoxy) is 1. The van der Waals surface area contributed by atoms with E-state index in [0.717, 1.165) is 12.8 Å². The maximum Gasteiger partial charge on any atom is 0.419 e. The molecule has 2 aromatic rings. The standard InChI is InChI=1S/C19H26N2O2/c1-6-8-14(3)23-19(22)21-12-11-20-18(21)16(5)17-10-7-9-13(2)15(17)4/h7,9-12,14,16H,6,8H2,1-5H3/t14-,16-/m0/s1. The van der Waals surface area contributed by atoms with Crippen molar-refractivity contribution in [1.82, 2.24) is 9.55 Å². The number of benzene rings is 1. The molecule has 0 bridgehead atoms. The maximum absolute atomic E-state index is 12.4. The van der Waals surface area contributed by atoms with Crippen LogP contribution >= 0.6 is 0 Å². The average Bonchev–Trinajstić information content (AvgIpc) is 2.99. The van der Waals surface area contributed by atoms with E-state index in [1.165, 1.54) is 21.3 Å². The molecule has 0 aliphatic rings. The highest BCUT2D eigenvalue weighted by atomic mass is 16.6. The highest BCUT2D eigenvalue weighted by Gasteiger charge is 2.21. The van der Waals surface area contributed by atoms with E-state index in [4.69, 9.17) is 4.74 Å². The van der Waals surface area contributed by atoms with Gasteiger partial charge >= 0.3 is 6.09 Å². The predicted molar refractivity (Wildman–Crippen MR) is 91.9 cm³/mol. The van der Waals surface area contributed by atoms with Gasteiger partial charge in [0.15, 0.2) is 0 Å². The van der Waals surface area contributed by atoms with E-state index < -0.39 is 0 Å². The summed E-state index contributed by atoms with van der Waals surface area (Å²) in [6, 6.07) is 6.23. The molecule has 1 aromatic heterocycles. The lowest BCUT2D eigenvalue weighted by Gasteiger charge is -2.18. The summed E-state index contributed by atoms with van der Waals surface area (Å²) in [5.74, 6) is 0.742. The fourth-order valence-corrected chi connectivity index (χ4v) is 2.87. The number of hydrogen-bond donors (Lipinski definition) is 0. The summed E-state index contributed by atoms with van der Waals surface area (Å²) in [5, 5.41) is 0. The van der Waals surface area contributed by atoms with Gasteiger partial charge in [-0.15, -0.1) is 0 Å². The Morgan fingerprint density at radius 3 is 2.74 bits per heavy atom. The van der Waals surface area contributed by atoms with Gasteiger partial charge in [0.1, 0.15) is 11.9 Å². The van der Waals surface area contributed by atoms with Crippen molar-refractivity contribution in [3.63, 3.8) is 0 Å². The van der Waals surface area contributed by atoms with Crippen LogP contribution in [0.15, 0.2) is 30.6 Å². The second-order valence-electron chi connectivity index (χ2n) is 6.15. The number of carbonyl (C=O) groups excluding carboxylic acids is 1. The third-order valence-electron chi connectivity index (χ3n) is 4.36. The second-order valence-corrected chi connectivity index (χ2v) is 6.15. The predicted octanol–water partition coefficient (Wildman–Crippen LogP) is 4.83. The molecule has 0 saturated carbocycles. The minimum Gasteiger partial charge on any atom is -0.446 e. The van der Waals surface area contributed by atoms with Gasteiger partial charge in [-0.25, -0.2) is 14.3 Å². The zero-order chi connectivity index (χ0) is 17.0. The molecule has 0 aliphatic carbocycles. The largest absolute Gasteiger partial charge is 0.446 e. The highest BCUT2D eigenvalue weighted by molar-refractivity contribution is 5.71. The van der Waals surface area contributed by atoms with Gasteiger partial charge in [-0.2, -0.15) is 0 Å². The second kappa shape index (κ2) is 7.44. The first-order chi connectivity index (χ1) is 11.0.